The van der Waals surface area contributed by atoms with Gasteiger partial charge in [-0.1, -0.05) is 6.04 Å². The minimum atomic E-state index is -0.394. The summed E-state index contributed by atoms with van der Waals surface area (Å²) < 4.78 is 29.2. The van der Waals surface area contributed by atoms with Gasteiger partial charge in [0.05, 0.1) is 11.6 Å². The molecule has 2 nitrogen and oxygen atoms in total. The first-order valence-corrected chi connectivity index (χ1v) is 2.58. The number of rotatable bonds is 1. The first kappa shape index (κ1) is 2.98. The molecule has 0 amide bonds. The van der Waals surface area contributed by atoms with Gasteiger partial charge in [-0.05, 0) is 17.7 Å². The Morgan fingerprint density at radius 1 is 1.80 bits per heavy atom. The monoisotopic (exact) mass is 134 g/mol. The predicted molar refractivity (Wildman–Crippen MR) is 38.9 cm³/mol. The van der Waals surface area contributed by atoms with Crippen LogP contribution in [0.15, 0.2) is 30.5 Å². The number of hydrogen-bond donors (Lipinski definition) is 0. The SMILES string of the molecule is [2H]c1nc([2H])c(/C=C/C#N)c([2H])c1[2H]. The molecular weight excluding hydrogens is 124 g/mol. The van der Waals surface area contributed by atoms with Gasteiger partial charge in [-0.3, -0.25) is 4.98 Å². The Hall–Kier alpha value is -1.62. The van der Waals surface area contributed by atoms with Crippen LogP contribution in [0, 0.1) is 11.3 Å². The maximum Gasteiger partial charge on any atom is 0.0912 e. The van der Waals surface area contributed by atoms with Gasteiger partial charge < -0.3 is 0 Å². The van der Waals surface area contributed by atoms with Crippen LogP contribution >= 0.6 is 0 Å². The highest BCUT2D eigenvalue weighted by Gasteiger charge is 1.80. The van der Waals surface area contributed by atoms with E-state index in [4.69, 9.17) is 10.7 Å². The van der Waals surface area contributed by atoms with E-state index >= 15 is 0 Å². The molecule has 0 spiro atoms. The van der Waals surface area contributed by atoms with Crippen LogP contribution < -0.4 is 0 Å². The summed E-state index contributed by atoms with van der Waals surface area (Å²) in [7, 11) is 0. The van der Waals surface area contributed by atoms with Crippen molar-refractivity contribution in [3.63, 3.8) is 0 Å². The van der Waals surface area contributed by atoms with Crippen LogP contribution in [0.2, 0.25) is 0 Å². The molecule has 2 heteroatoms. The number of nitrogens with zero attached hydrogens (tertiary/aromatic N) is 2. The second-order valence-corrected chi connectivity index (χ2v) is 1.46. The Morgan fingerprint density at radius 3 is 3.50 bits per heavy atom. The summed E-state index contributed by atoms with van der Waals surface area (Å²) in [5.41, 5.74) is 0.0903. The third kappa shape index (κ3) is 1.71. The Morgan fingerprint density at radius 2 is 2.70 bits per heavy atom. The van der Waals surface area contributed by atoms with Gasteiger partial charge in [0.2, 0.25) is 0 Å². The summed E-state index contributed by atoms with van der Waals surface area (Å²) in [6.45, 7) is 0. The zero-order valence-corrected chi connectivity index (χ0v) is 5.05. The third-order valence-electron chi connectivity index (χ3n) is 0.810. The van der Waals surface area contributed by atoms with Crippen LogP contribution in [0.4, 0.5) is 0 Å². The molecule has 0 aliphatic heterocycles. The van der Waals surface area contributed by atoms with Crippen LogP contribution in [-0.4, -0.2) is 4.98 Å². The molecule has 0 aliphatic carbocycles. The summed E-state index contributed by atoms with van der Waals surface area (Å²) in [6, 6.07) is 1.14. The van der Waals surface area contributed by atoms with Gasteiger partial charge in [0, 0.05) is 18.4 Å². The smallest absolute Gasteiger partial charge is 0.0912 e. The van der Waals surface area contributed by atoms with Gasteiger partial charge in [0.1, 0.15) is 0 Å². The lowest BCUT2D eigenvalue weighted by Gasteiger charge is -1.85. The summed E-state index contributed by atoms with van der Waals surface area (Å²) in [5.74, 6) is 0. The fourth-order valence-corrected chi connectivity index (χ4v) is 0.439. The summed E-state index contributed by atoms with van der Waals surface area (Å²) >= 11 is 0. The van der Waals surface area contributed by atoms with E-state index in [-0.39, 0.29) is 23.8 Å². The summed E-state index contributed by atoms with van der Waals surface area (Å²) in [4.78, 5) is 3.45. The topological polar surface area (TPSA) is 36.7 Å². The lowest BCUT2D eigenvalue weighted by molar-refractivity contribution is 1.32. The van der Waals surface area contributed by atoms with Gasteiger partial charge in [-0.25, -0.2) is 0 Å². The molecule has 0 aromatic carbocycles. The lowest BCUT2D eigenvalue weighted by Crippen LogP contribution is -1.71. The van der Waals surface area contributed by atoms with Crippen LogP contribution in [0.25, 0.3) is 6.08 Å². The number of aromatic nitrogens is 1. The average Bonchev–Trinajstić information content (AvgIpc) is 2.14. The predicted octanol–water partition coefficient (Wildman–Crippen LogP) is 1.62. The molecule has 48 valence electrons. The van der Waals surface area contributed by atoms with Crippen molar-refractivity contribution in [1.29, 1.82) is 5.26 Å². The lowest BCUT2D eigenvalue weighted by atomic mass is 10.3. The van der Waals surface area contributed by atoms with Crippen molar-refractivity contribution < 1.29 is 5.48 Å². The van der Waals surface area contributed by atoms with Crippen molar-refractivity contribution in [1.82, 2.24) is 4.98 Å². The van der Waals surface area contributed by atoms with Gasteiger partial charge in [-0.2, -0.15) is 5.26 Å². The maximum absolute atomic E-state index is 8.27. The van der Waals surface area contributed by atoms with E-state index in [0.29, 0.717) is 0 Å². The molecule has 0 bridgehead atoms. The zero-order valence-electron chi connectivity index (χ0n) is 9.05. The van der Waals surface area contributed by atoms with E-state index in [0.717, 1.165) is 6.08 Å². The minimum absolute atomic E-state index is 0.0903. The van der Waals surface area contributed by atoms with Gasteiger partial charge in [-0.15, -0.1) is 0 Å². The first-order chi connectivity index (χ1) is 6.57. The van der Waals surface area contributed by atoms with Crippen molar-refractivity contribution in [2.75, 3.05) is 0 Å². The highest BCUT2D eigenvalue weighted by molar-refractivity contribution is 5.49. The van der Waals surface area contributed by atoms with Crippen molar-refractivity contribution in [3.8, 4) is 6.07 Å². The molecule has 1 aromatic heterocycles. The number of nitriles is 1. The fourth-order valence-electron chi connectivity index (χ4n) is 0.439. The van der Waals surface area contributed by atoms with Crippen LogP contribution in [0.5, 0.6) is 0 Å². The second-order valence-electron chi connectivity index (χ2n) is 1.46. The molecule has 0 unspecified atom stereocenters. The van der Waals surface area contributed by atoms with E-state index in [1.807, 2.05) is 0 Å². The van der Waals surface area contributed by atoms with Crippen molar-refractivity contribution in [2.45, 2.75) is 0 Å². The largest absolute Gasteiger partial charge is 0.264 e. The van der Waals surface area contributed by atoms with E-state index in [1.54, 1.807) is 6.07 Å². The van der Waals surface area contributed by atoms with Crippen LogP contribution in [-0.2, 0) is 0 Å². The maximum atomic E-state index is 8.27. The van der Waals surface area contributed by atoms with Gasteiger partial charge in [0.25, 0.3) is 0 Å². The third-order valence-corrected chi connectivity index (χ3v) is 0.810. The van der Waals surface area contributed by atoms with Crippen LogP contribution in [0.1, 0.15) is 11.0 Å². The molecule has 0 N–H and O–H groups in total. The average molecular weight is 134 g/mol. The summed E-state index contributed by atoms with van der Waals surface area (Å²) in [5, 5.41) is 8.27. The van der Waals surface area contributed by atoms with Crippen molar-refractivity contribution >= 4 is 6.08 Å². The van der Waals surface area contributed by atoms with Crippen molar-refractivity contribution in [3.05, 3.63) is 36.1 Å². The first-order valence-electron chi connectivity index (χ1n) is 4.58. The molecule has 0 aliphatic rings. The zero-order chi connectivity index (χ0) is 10.7. The van der Waals surface area contributed by atoms with E-state index in [2.05, 4.69) is 4.98 Å². The molecule has 0 radical (unpaired) electrons. The Kier molecular flexibility index (Phi) is 1.02. The molecule has 10 heavy (non-hydrogen) atoms. The number of hydrogen-bond acceptors (Lipinski definition) is 2. The highest BCUT2D eigenvalue weighted by atomic mass is 14.6. The van der Waals surface area contributed by atoms with E-state index < -0.39 is 6.17 Å². The summed E-state index contributed by atoms with van der Waals surface area (Å²) in [6.07, 6.45) is 1.70. The van der Waals surface area contributed by atoms with Crippen molar-refractivity contribution in [2.24, 2.45) is 0 Å². The molecule has 0 saturated carbocycles. The molecular formula is C8H6N2. The highest BCUT2D eigenvalue weighted by Crippen LogP contribution is 1.96. The van der Waals surface area contributed by atoms with Crippen LogP contribution in [0.3, 0.4) is 0 Å². The second kappa shape index (κ2) is 3.41. The van der Waals surface area contributed by atoms with Gasteiger partial charge in [0.15, 0.2) is 0 Å². The fraction of sp³-hybridized carbons (Fsp3) is 0. The number of pyridine rings is 1. The normalized spacial score (nSPS) is 15.1. The molecule has 0 atom stereocenters. The molecule has 1 heterocycles. The number of allylic oxidation sites excluding steroid dienone is 1. The molecule has 1 rings (SSSR count). The Labute approximate surface area is 65.1 Å². The quantitative estimate of drug-likeness (QED) is 0.547. The minimum Gasteiger partial charge on any atom is -0.264 e. The Balaban J connectivity index is 3.38. The molecule has 0 fully saturated rings. The molecule has 1 aromatic rings. The van der Waals surface area contributed by atoms with E-state index in [1.165, 1.54) is 6.08 Å². The molecule has 0 saturated heterocycles. The van der Waals surface area contributed by atoms with E-state index in [9.17, 15) is 0 Å². The van der Waals surface area contributed by atoms with Gasteiger partial charge >= 0.3 is 0 Å². The standard InChI is InChI=1S/C8H6N2/c9-5-1-3-8-4-2-6-10-7-8/h1-4,6-7H/b3-1+/i2D,4D,6D,7D. The Bertz CT molecular complexity index is 434.